The van der Waals surface area contributed by atoms with Crippen molar-refractivity contribution in [1.82, 2.24) is 0 Å². The minimum Gasteiger partial charge on any atom is -0.393 e. The number of rotatable bonds is 5. The van der Waals surface area contributed by atoms with Gasteiger partial charge in [0.05, 0.1) is 6.10 Å². The molecule has 0 bridgehead atoms. The Morgan fingerprint density at radius 1 is 1.11 bits per heavy atom. The summed E-state index contributed by atoms with van der Waals surface area (Å²) in [6.07, 6.45) is 4.37. The van der Waals surface area contributed by atoms with Crippen LogP contribution in [0.5, 0.6) is 0 Å². The molecule has 1 N–H and O–H groups in total. The van der Waals surface area contributed by atoms with E-state index in [1.807, 2.05) is 13.0 Å². The average molecular weight is 240 g/mol. The number of aliphatic hydroxyl groups excluding tert-OH is 1. The molecular formula is C17H20O. The fourth-order valence-electron chi connectivity index (χ4n) is 2.17. The monoisotopic (exact) mass is 240 g/mol. The lowest BCUT2D eigenvalue weighted by molar-refractivity contribution is 0.185. The topological polar surface area (TPSA) is 20.2 Å². The molecule has 94 valence electrons. The molecule has 0 saturated heterocycles. The van der Waals surface area contributed by atoms with Gasteiger partial charge >= 0.3 is 0 Å². The molecule has 2 aromatic carbocycles. The van der Waals surface area contributed by atoms with Crippen LogP contribution in [0.15, 0.2) is 49.1 Å². The summed E-state index contributed by atoms with van der Waals surface area (Å²) in [5.74, 6) is 0. The zero-order valence-electron chi connectivity index (χ0n) is 10.9. The van der Waals surface area contributed by atoms with Crippen LogP contribution in [0.25, 0.3) is 10.8 Å². The van der Waals surface area contributed by atoms with E-state index in [0.29, 0.717) is 0 Å². The van der Waals surface area contributed by atoms with Gasteiger partial charge in [0.1, 0.15) is 0 Å². The van der Waals surface area contributed by atoms with Gasteiger partial charge in [-0.05, 0) is 48.1 Å². The quantitative estimate of drug-likeness (QED) is 0.786. The lowest BCUT2D eigenvalue weighted by Gasteiger charge is -2.07. The summed E-state index contributed by atoms with van der Waals surface area (Å²) < 4.78 is 0. The molecule has 1 atom stereocenters. The van der Waals surface area contributed by atoms with Gasteiger partial charge in [-0.2, -0.15) is 0 Å². The van der Waals surface area contributed by atoms with E-state index in [-0.39, 0.29) is 6.10 Å². The van der Waals surface area contributed by atoms with Crippen LogP contribution in [-0.2, 0) is 12.8 Å². The summed E-state index contributed by atoms with van der Waals surface area (Å²) in [5, 5.41) is 11.9. The lowest BCUT2D eigenvalue weighted by Crippen LogP contribution is -2.01. The Kier molecular flexibility index (Phi) is 4.16. The van der Waals surface area contributed by atoms with Crippen molar-refractivity contribution < 1.29 is 5.11 Å². The smallest absolute Gasteiger partial charge is 0.0515 e. The van der Waals surface area contributed by atoms with Gasteiger partial charge in [-0.15, -0.1) is 6.58 Å². The Labute approximate surface area is 109 Å². The van der Waals surface area contributed by atoms with Crippen LogP contribution in [0.4, 0.5) is 0 Å². The molecule has 1 nitrogen and oxygen atoms in total. The first-order valence-corrected chi connectivity index (χ1v) is 6.49. The van der Waals surface area contributed by atoms with Crippen LogP contribution < -0.4 is 0 Å². The highest BCUT2D eigenvalue weighted by atomic mass is 16.3. The fraction of sp³-hybridized carbons (Fsp3) is 0.294. The van der Waals surface area contributed by atoms with Crippen LogP contribution in [0.3, 0.4) is 0 Å². The highest BCUT2D eigenvalue weighted by molar-refractivity contribution is 5.83. The van der Waals surface area contributed by atoms with Crippen LogP contribution in [0.2, 0.25) is 0 Å². The zero-order valence-corrected chi connectivity index (χ0v) is 10.9. The molecule has 0 aliphatic heterocycles. The summed E-state index contributed by atoms with van der Waals surface area (Å²) >= 11 is 0. The van der Waals surface area contributed by atoms with Gasteiger partial charge in [0.2, 0.25) is 0 Å². The molecule has 1 heteroatoms. The van der Waals surface area contributed by atoms with Crippen LogP contribution >= 0.6 is 0 Å². The largest absolute Gasteiger partial charge is 0.393 e. The summed E-state index contributed by atoms with van der Waals surface area (Å²) in [7, 11) is 0. The van der Waals surface area contributed by atoms with Crippen LogP contribution in [0, 0.1) is 0 Å². The summed E-state index contributed by atoms with van der Waals surface area (Å²) in [6, 6.07) is 13.1. The number of aliphatic hydroxyl groups is 1. The summed E-state index contributed by atoms with van der Waals surface area (Å²) in [5.41, 5.74) is 2.59. The molecule has 0 heterocycles. The summed E-state index contributed by atoms with van der Waals surface area (Å²) in [6.45, 7) is 5.60. The first-order valence-electron chi connectivity index (χ1n) is 6.49. The maximum atomic E-state index is 9.31. The number of aryl methyl sites for hydroxylation is 1. The molecule has 0 saturated carbocycles. The van der Waals surface area contributed by atoms with E-state index >= 15 is 0 Å². The Morgan fingerprint density at radius 3 is 2.33 bits per heavy atom. The van der Waals surface area contributed by atoms with Crippen molar-refractivity contribution in [3.8, 4) is 0 Å². The van der Waals surface area contributed by atoms with E-state index in [1.54, 1.807) is 0 Å². The maximum absolute atomic E-state index is 9.31. The first kappa shape index (κ1) is 12.8. The minimum atomic E-state index is -0.226. The third-order valence-corrected chi connectivity index (χ3v) is 3.20. The number of benzene rings is 2. The van der Waals surface area contributed by atoms with Gasteiger partial charge in [0, 0.05) is 0 Å². The van der Waals surface area contributed by atoms with Crippen molar-refractivity contribution >= 4 is 10.8 Å². The molecule has 0 fully saturated rings. The molecule has 0 amide bonds. The first-order chi connectivity index (χ1) is 8.69. The second-order valence-corrected chi connectivity index (χ2v) is 4.90. The molecule has 2 rings (SSSR count). The maximum Gasteiger partial charge on any atom is 0.0515 e. The highest BCUT2D eigenvalue weighted by Crippen LogP contribution is 2.19. The molecule has 0 aliphatic rings. The Hall–Kier alpha value is -1.60. The van der Waals surface area contributed by atoms with E-state index in [4.69, 9.17) is 0 Å². The predicted octanol–water partition coefficient (Wildman–Crippen LogP) is 3.88. The highest BCUT2D eigenvalue weighted by Gasteiger charge is 2.00. The number of hydrogen-bond donors (Lipinski definition) is 1. The molecule has 0 aliphatic carbocycles. The van der Waals surface area contributed by atoms with Crippen LogP contribution in [-0.4, -0.2) is 11.2 Å². The standard InChI is InChI=1S/C17H20O/c1-3-4-14-7-9-17-12-15(6-5-13(2)18)8-10-16(17)11-14/h3,7-13,18H,1,4-6H2,2H3. The number of fused-ring (bicyclic) bond motifs is 1. The normalized spacial score (nSPS) is 12.6. The van der Waals surface area contributed by atoms with Crippen molar-refractivity contribution in [3.05, 3.63) is 60.2 Å². The third-order valence-electron chi connectivity index (χ3n) is 3.20. The average Bonchev–Trinajstić information content (AvgIpc) is 2.36. The second-order valence-electron chi connectivity index (χ2n) is 4.90. The van der Waals surface area contributed by atoms with E-state index in [2.05, 4.69) is 43.0 Å². The van der Waals surface area contributed by atoms with Crippen molar-refractivity contribution in [2.45, 2.75) is 32.3 Å². The Balaban J connectivity index is 2.23. The van der Waals surface area contributed by atoms with Crippen molar-refractivity contribution in [3.63, 3.8) is 0 Å². The van der Waals surface area contributed by atoms with Gasteiger partial charge in [-0.3, -0.25) is 0 Å². The van der Waals surface area contributed by atoms with Gasteiger partial charge < -0.3 is 5.11 Å². The minimum absolute atomic E-state index is 0.226. The SMILES string of the molecule is C=CCc1ccc2cc(CCC(C)O)ccc2c1. The Morgan fingerprint density at radius 2 is 1.72 bits per heavy atom. The van der Waals surface area contributed by atoms with Crippen molar-refractivity contribution in [2.24, 2.45) is 0 Å². The van der Waals surface area contributed by atoms with Gasteiger partial charge in [0.15, 0.2) is 0 Å². The third kappa shape index (κ3) is 3.21. The molecule has 0 radical (unpaired) electrons. The summed E-state index contributed by atoms with van der Waals surface area (Å²) in [4.78, 5) is 0. The van der Waals surface area contributed by atoms with Crippen LogP contribution in [0.1, 0.15) is 24.5 Å². The predicted molar refractivity (Wildman–Crippen MR) is 77.9 cm³/mol. The zero-order chi connectivity index (χ0) is 13.0. The number of allylic oxidation sites excluding steroid dienone is 1. The molecule has 0 spiro atoms. The van der Waals surface area contributed by atoms with E-state index in [0.717, 1.165) is 19.3 Å². The molecule has 2 aromatic rings. The molecule has 0 aromatic heterocycles. The van der Waals surface area contributed by atoms with Gasteiger partial charge in [0.25, 0.3) is 0 Å². The fourth-order valence-corrected chi connectivity index (χ4v) is 2.17. The number of hydrogen-bond acceptors (Lipinski definition) is 1. The second kappa shape index (κ2) is 5.83. The van der Waals surface area contributed by atoms with E-state index in [1.165, 1.54) is 21.9 Å². The van der Waals surface area contributed by atoms with Crippen molar-refractivity contribution in [2.75, 3.05) is 0 Å². The molecule has 1 unspecified atom stereocenters. The lowest BCUT2D eigenvalue weighted by atomic mass is 10.0. The van der Waals surface area contributed by atoms with E-state index < -0.39 is 0 Å². The van der Waals surface area contributed by atoms with Gasteiger partial charge in [-0.1, -0.05) is 42.5 Å². The molecule has 18 heavy (non-hydrogen) atoms. The van der Waals surface area contributed by atoms with Gasteiger partial charge in [-0.25, -0.2) is 0 Å². The Bertz CT molecular complexity index is 540. The molecular weight excluding hydrogens is 220 g/mol. The van der Waals surface area contributed by atoms with E-state index in [9.17, 15) is 5.11 Å². The van der Waals surface area contributed by atoms with Crippen molar-refractivity contribution in [1.29, 1.82) is 0 Å².